The molecule has 1 aliphatic rings. The van der Waals surface area contributed by atoms with Gasteiger partial charge >= 0.3 is 0 Å². The Hall–Kier alpha value is -3.00. The minimum atomic E-state index is -0.556. The molecule has 9 heteroatoms. The van der Waals surface area contributed by atoms with Crippen LogP contribution in [0.25, 0.3) is 17.2 Å². The molecule has 0 radical (unpaired) electrons. The molecule has 1 fully saturated rings. The van der Waals surface area contributed by atoms with Crippen molar-refractivity contribution in [1.82, 2.24) is 24.5 Å². The van der Waals surface area contributed by atoms with Gasteiger partial charge in [-0.05, 0) is 0 Å². The second kappa shape index (κ2) is 5.82. The highest BCUT2D eigenvalue weighted by atomic mass is 35.5. The van der Waals surface area contributed by atoms with Crippen molar-refractivity contribution in [1.29, 1.82) is 0 Å². The smallest absolute Gasteiger partial charge is 0.294 e. The van der Waals surface area contributed by atoms with Crippen molar-refractivity contribution in [2.75, 3.05) is 0 Å². The van der Waals surface area contributed by atoms with Gasteiger partial charge in [0, 0.05) is 18.4 Å². The predicted molar refractivity (Wildman–Crippen MR) is 88.8 cm³/mol. The first-order chi connectivity index (χ1) is 12.0. The molecule has 3 aromatic rings. The van der Waals surface area contributed by atoms with Gasteiger partial charge in [0.1, 0.15) is 5.02 Å². The minimum absolute atomic E-state index is 0.0875. The van der Waals surface area contributed by atoms with E-state index in [1.165, 1.54) is 0 Å². The maximum absolute atomic E-state index is 12.5. The number of hydrogen-bond donors (Lipinski definition) is 1. The summed E-state index contributed by atoms with van der Waals surface area (Å²) < 4.78 is 1.07. The Morgan fingerprint density at radius 3 is 2.44 bits per heavy atom. The molecule has 1 aromatic carbocycles. The molecule has 3 heterocycles. The van der Waals surface area contributed by atoms with Gasteiger partial charge in [-0.25, -0.2) is 0 Å². The van der Waals surface area contributed by atoms with E-state index in [2.05, 4.69) is 15.1 Å². The molecule has 1 aliphatic heterocycles. The number of carbonyl (C=O) groups excluding carboxylic acids is 2. The van der Waals surface area contributed by atoms with E-state index in [4.69, 9.17) is 11.6 Å². The summed E-state index contributed by atoms with van der Waals surface area (Å²) in [5.41, 5.74) is 0.454. The summed E-state index contributed by atoms with van der Waals surface area (Å²) in [7, 11) is 0. The quantitative estimate of drug-likeness (QED) is 0.714. The molecule has 0 atom stereocenters. The summed E-state index contributed by atoms with van der Waals surface area (Å²) in [6.07, 6.45) is 0.345. The lowest BCUT2D eigenvalue weighted by molar-refractivity contribution is -0.139. The molecule has 1 saturated heterocycles. The van der Waals surface area contributed by atoms with E-state index in [1.54, 1.807) is 0 Å². The maximum atomic E-state index is 12.5. The highest BCUT2D eigenvalue weighted by molar-refractivity contribution is 6.31. The molecule has 25 heavy (non-hydrogen) atoms. The van der Waals surface area contributed by atoms with Crippen LogP contribution in [0.3, 0.4) is 0 Å². The van der Waals surface area contributed by atoms with Crippen LogP contribution in [0.15, 0.2) is 35.1 Å². The summed E-state index contributed by atoms with van der Waals surface area (Å²) in [5, 5.41) is 4.06. The molecule has 0 aliphatic carbocycles. The van der Waals surface area contributed by atoms with Crippen molar-refractivity contribution >= 4 is 29.2 Å². The highest BCUT2D eigenvalue weighted by Crippen LogP contribution is 2.19. The zero-order valence-electron chi connectivity index (χ0n) is 12.9. The number of likely N-dealkylation sites (tertiary alicyclic amines) is 1. The number of halogens is 1. The van der Waals surface area contributed by atoms with Gasteiger partial charge < -0.3 is 4.98 Å². The summed E-state index contributed by atoms with van der Waals surface area (Å²) in [4.78, 5) is 44.3. The number of nitrogens with one attached hydrogen (secondary N) is 1. The Bertz CT molecular complexity index is 1040. The molecule has 1 N–H and O–H groups in total. The van der Waals surface area contributed by atoms with E-state index in [-0.39, 0.29) is 47.7 Å². The minimum Gasteiger partial charge on any atom is -0.324 e. The summed E-state index contributed by atoms with van der Waals surface area (Å²) in [5.74, 6) is -0.000647. The first-order valence-electron chi connectivity index (χ1n) is 7.60. The van der Waals surface area contributed by atoms with Crippen LogP contribution in [-0.4, -0.2) is 36.3 Å². The molecule has 0 bridgehead atoms. The van der Waals surface area contributed by atoms with Crippen LogP contribution >= 0.6 is 11.6 Å². The number of imide groups is 1. The van der Waals surface area contributed by atoms with Gasteiger partial charge in [0.05, 0.1) is 12.2 Å². The van der Waals surface area contributed by atoms with Crippen LogP contribution in [0.1, 0.15) is 18.5 Å². The molecule has 0 saturated carbocycles. The number of amides is 2. The summed E-state index contributed by atoms with van der Waals surface area (Å²) >= 11 is 6.12. The lowest BCUT2D eigenvalue weighted by Crippen LogP contribution is -2.30. The average Bonchev–Trinajstić information content (AvgIpc) is 3.18. The van der Waals surface area contributed by atoms with E-state index in [1.807, 2.05) is 30.3 Å². The number of hydrogen-bond acceptors (Lipinski definition) is 5. The number of nitrogens with zero attached hydrogens (tertiary/aromatic N) is 4. The fourth-order valence-corrected chi connectivity index (χ4v) is 2.91. The van der Waals surface area contributed by atoms with Crippen LogP contribution in [0.2, 0.25) is 5.02 Å². The Kier molecular flexibility index (Phi) is 3.61. The first kappa shape index (κ1) is 15.5. The number of benzene rings is 1. The van der Waals surface area contributed by atoms with Gasteiger partial charge in [-0.3, -0.25) is 19.3 Å². The normalized spacial score (nSPS) is 14.7. The number of aromatic nitrogens is 4. The van der Waals surface area contributed by atoms with E-state index in [0.29, 0.717) is 5.82 Å². The first-order valence-corrected chi connectivity index (χ1v) is 7.98. The van der Waals surface area contributed by atoms with Gasteiger partial charge in [-0.1, -0.05) is 41.9 Å². The average molecular weight is 358 g/mol. The standard InChI is InChI=1S/C16H12ClN5O3/c17-13-10(8-21-11(23)6-7-12(21)24)18-16-19-14(20-22(16)15(13)25)9-4-2-1-3-5-9/h1-5H,6-8H2,(H,18,19,20). The van der Waals surface area contributed by atoms with Gasteiger partial charge in [-0.15, -0.1) is 5.10 Å². The van der Waals surface area contributed by atoms with Gasteiger partial charge in [0.2, 0.25) is 17.6 Å². The second-order valence-electron chi connectivity index (χ2n) is 5.63. The third kappa shape index (κ3) is 2.60. The second-order valence-corrected chi connectivity index (χ2v) is 6.01. The van der Waals surface area contributed by atoms with Gasteiger partial charge in [-0.2, -0.15) is 9.50 Å². The molecule has 2 amide bonds. The highest BCUT2D eigenvalue weighted by Gasteiger charge is 2.30. The van der Waals surface area contributed by atoms with Gasteiger partial charge in [0.25, 0.3) is 5.56 Å². The zero-order valence-corrected chi connectivity index (χ0v) is 13.7. The van der Waals surface area contributed by atoms with Crippen molar-refractivity contribution in [2.24, 2.45) is 0 Å². The summed E-state index contributed by atoms with van der Waals surface area (Å²) in [6.45, 7) is -0.0875. The molecule has 126 valence electrons. The van der Waals surface area contributed by atoms with Crippen molar-refractivity contribution in [3.05, 3.63) is 51.4 Å². The largest absolute Gasteiger partial charge is 0.324 e. The fourth-order valence-electron chi connectivity index (χ4n) is 2.72. The number of rotatable bonds is 3. The Balaban J connectivity index is 1.79. The Morgan fingerprint density at radius 2 is 1.76 bits per heavy atom. The zero-order chi connectivity index (χ0) is 17.6. The van der Waals surface area contributed by atoms with Crippen LogP contribution in [0, 0.1) is 0 Å². The van der Waals surface area contributed by atoms with Gasteiger partial charge in [0.15, 0.2) is 5.82 Å². The molecule has 2 aromatic heterocycles. The van der Waals surface area contributed by atoms with Crippen LogP contribution in [-0.2, 0) is 16.1 Å². The SMILES string of the molecule is O=C1CCC(=O)N1Cc1[nH]c2nc(-c3ccccc3)nn2c(=O)c1Cl. The van der Waals surface area contributed by atoms with Crippen LogP contribution in [0.5, 0.6) is 0 Å². The van der Waals surface area contributed by atoms with Crippen LogP contribution < -0.4 is 5.56 Å². The number of fused-ring (bicyclic) bond motifs is 1. The third-order valence-electron chi connectivity index (χ3n) is 4.02. The maximum Gasteiger partial charge on any atom is 0.294 e. The molecular weight excluding hydrogens is 346 g/mol. The Morgan fingerprint density at radius 1 is 1.08 bits per heavy atom. The number of carbonyl (C=O) groups is 2. The third-order valence-corrected chi connectivity index (χ3v) is 4.41. The molecule has 4 rings (SSSR count). The van der Waals surface area contributed by atoms with Crippen molar-refractivity contribution in [2.45, 2.75) is 19.4 Å². The number of aromatic amines is 1. The number of H-pyrrole nitrogens is 1. The lowest BCUT2D eigenvalue weighted by Gasteiger charge is -2.14. The van der Waals surface area contributed by atoms with Crippen molar-refractivity contribution in [3.63, 3.8) is 0 Å². The van der Waals surface area contributed by atoms with E-state index in [9.17, 15) is 14.4 Å². The lowest BCUT2D eigenvalue weighted by atomic mass is 10.2. The monoisotopic (exact) mass is 357 g/mol. The Labute approximate surface area is 146 Å². The van der Waals surface area contributed by atoms with Crippen LogP contribution in [0.4, 0.5) is 0 Å². The molecular formula is C16H12ClN5O3. The van der Waals surface area contributed by atoms with E-state index < -0.39 is 5.56 Å². The molecule has 0 unspecified atom stereocenters. The molecule has 8 nitrogen and oxygen atoms in total. The fraction of sp³-hybridized carbons (Fsp3) is 0.188. The van der Waals surface area contributed by atoms with E-state index in [0.717, 1.165) is 15.0 Å². The molecule has 0 spiro atoms. The topological polar surface area (TPSA) is 100 Å². The van der Waals surface area contributed by atoms with E-state index >= 15 is 0 Å². The van der Waals surface area contributed by atoms with Crippen molar-refractivity contribution in [3.8, 4) is 11.4 Å². The van der Waals surface area contributed by atoms with Crippen molar-refractivity contribution < 1.29 is 9.59 Å². The summed E-state index contributed by atoms with van der Waals surface area (Å²) in [6, 6.07) is 9.19. The predicted octanol–water partition coefficient (Wildman–Crippen LogP) is 1.39.